The van der Waals surface area contributed by atoms with Gasteiger partial charge >= 0.3 is 0 Å². The highest BCUT2D eigenvalue weighted by Crippen LogP contribution is 2.29. The van der Waals surface area contributed by atoms with Crippen molar-refractivity contribution in [1.82, 2.24) is 24.1 Å². The number of aliphatic hydroxyl groups excluding tert-OH is 1. The normalized spacial score (nSPS) is 10.3. The first-order valence-corrected chi connectivity index (χ1v) is 8.48. The largest absolute Gasteiger partial charge is 0.490 e. The first-order valence-electron chi connectivity index (χ1n) is 8.48. The maximum absolute atomic E-state index is 9.02. The van der Waals surface area contributed by atoms with Gasteiger partial charge in [-0.3, -0.25) is 4.79 Å². The van der Waals surface area contributed by atoms with Crippen LogP contribution >= 0.6 is 0 Å². The number of benzene rings is 1. The monoisotopic (exact) mass is 381 g/mol. The number of hydrogen-bond donors (Lipinski definition) is 2. The van der Waals surface area contributed by atoms with E-state index in [0.717, 1.165) is 22.7 Å². The van der Waals surface area contributed by atoms with E-state index < -0.39 is 0 Å². The molecule has 0 spiro atoms. The maximum atomic E-state index is 9.02. The van der Waals surface area contributed by atoms with E-state index in [0.29, 0.717) is 12.3 Å². The lowest BCUT2D eigenvalue weighted by Gasteiger charge is -2.13. The Morgan fingerprint density at radius 2 is 1.93 bits per heavy atom. The highest BCUT2D eigenvalue weighted by atomic mass is 16.5. The molecule has 0 aliphatic heterocycles. The molecule has 1 aromatic carbocycles. The van der Waals surface area contributed by atoms with Gasteiger partial charge in [0.25, 0.3) is 6.47 Å². The van der Waals surface area contributed by atoms with Gasteiger partial charge in [0.1, 0.15) is 24.5 Å². The Hall–Kier alpha value is -3.72. The second-order valence-electron chi connectivity index (χ2n) is 5.60. The molecule has 2 N–H and O–H groups in total. The number of fused-ring (bicyclic) bond motifs is 1. The Labute approximate surface area is 160 Å². The molecule has 0 saturated heterocycles. The van der Waals surface area contributed by atoms with E-state index >= 15 is 0 Å². The summed E-state index contributed by atoms with van der Waals surface area (Å²) in [6.45, 7) is 0.567. The Morgan fingerprint density at radius 1 is 1.11 bits per heavy atom. The number of pyridine rings is 1. The Bertz CT molecular complexity index is 1040. The van der Waals surface area contributed by atoms with Gasteiger partial charge in [0, 0.05) is 12.4 Å². The predicted octanol–water partition coefficient (Wildman–Crippen LogP) is 1.71. The van der Waals surface area contributed by atoms with E-state index in [4.69, 9.17) is 19.7 Å². The van der Waals surface area contributed by atoms with Crippen molar-refractivity contribution in [3.8, 4) is 17.1 Å². The first-order chi connectivity index (χ1) is 13.8. The van der Waals surface area contributed by atoms with Crippen molar-refractivity contribution in [3.63, 3.8) is 0 Å². The molecule has 3 aromatic heterocycles. The average Bonchev–Trinajstić information content (AvgIpc) is 3.37. The van der Waals surface area contributed by atoms with Crippen LogP contribution in [0.25, 0.3) is 17.0 Å². The minimum atomic E-state index is -0.250. The van der Waals surface area contributed by atoms with Crippen molar-refractivity contribution in [2.45, 2.75) is 6.54 Å². The summed E-state index contributed by atoms with van der Waals surface area (Å²) in [5.74, 6) is 1.49. The Kier molecular flexibility index (Phi) is 6.32. The van der Waals surface area contributed by atoms with Crippen LogP contribution < -0.4 is 4.74 Å². The molecule has 0 radical (unpaired) electrons. The molecule has 4 aromatic rings. The Morgan fingerprint density at radius 3 is 2.75 bits per heavy atom. The summed E-state index contributed by atoms with van der Waals surface area (Å²) < 4.78 is 9.50. The fraction of sp³-hybridized carbons (Fsp3) is 0.158. The van der Waals surface area contributed by atoms with E-state index in [2.05, 4.69) is 15.1 Å². The highest BCUT2D eigenvalue weighted by Gasteiger charge is 2.13. The number of hydrogen-bond acceptors (Lipinski definition) is 6. The first kappa shape index (κ1) is 19.1. The van der Waals surface area contributed by atoms with Crippen LogP contribution in [0, 0.1) is 0 Å². The van der Waals surface area contributed by atoms with E-state index in [1.165, 1.54) is 0 Å². The lowest BCUT2D eigenvalue weighted by atomic mass is 10.2. The van der Waals surface area contributed by atoms with E-state index in [1.807, 2.05) is 57.7 Å². The lowest BCUT2D eigenvalue weighted by Crippen LogP contribution is -2.08. The van der Waals surface area contributed by atoms with E-state index in [-0.39, 0.29) is 19.7 Å². The van der Waals surface area contributed by atoms with Gasteiger partial charge in [-0.05, 0) is 24.3 Å². The van der Waals surface area contributed by atoms with Gasteiger partial charge < -0.3 is 19.5 Å². The third-order valence-electron chi connectivity index (χ3n) is 3.90. The summed E-state index contributed by atoms with van der Waals surface area (Å²) in [6, 6.07) is 13.6. The van der Waals surface area contributed by atoms with Gasteiger partial charge in [-0.25, -0.2) is 14.5 Å². The molecular formula is C19H19N5O4. The quantitative estimate of drug-likeness (QED) is 0.489. The molecule has 28 heavy (non-hydrogen) atoms. The Balaban J connectivity index is 0.000000706. The number of carbonyl (C=O) groups is 1. The zero-order chi connectivity index (χ0) is 19.8. The number of para-hydroxylation sites is 1. The van der Waals surface area contributed by atoms with Gasteiger partial charge in [-0.2, -0.15) is 5.10 Å². The van der Waals surface area contributed by atoms with Crippen LogP contribution in [0.1, 0.15) is 5.69 Å². The number of carboxylic acid groups (broad SMARTS) is 1. The van der Waals surface area contributed by atoms with Crippen LogP contribution in [0.4, 0.5) is 0 Å². The second-order valence-corrected chi connectivity index (χ2v) is 5.60. The molecule has 4 rings (SSSR count). The number of rotatable bonds is 6. The molecule has 0 aliphatic rings. The third kappa shape index (κ3) is 4.15. The molecule has 0 fully saturated rings. The fourth-order valence-corrected chi connectivity index (χ4v) is 2.81. The number of nitrogens with zero attached hydrogens (tertiary/aromatic N) is 5. The van der Waals surface area contributed by atoms with Crippen molar-refractivity contribution in [3.05, 3.63) is 66.9 Å². The molecule has 144 valence electrons. The minimum Gasteiger partial charge on any atom is -0.490 e. The van der Waals surface area contributed by atoms with Crippen LogP contribution in [0.15, 0.2) is 61.2 Å². The van der Waals surface area contributed by atoms with Gasteiger partial charge in [-0.1, -0.05) is 18.2 Å². The lowest BCUT2D eigenvalue weighted by molar-refractivity contribution is -0.122. The maximum Gasteiger partial charge on any atom is 0.290 e. The number of ether oxygens (including phenoxy) is 1. The summed E-state index contributed by atoms with van der Waals surface area (Å²) in [4.78, 5) is 17.1. The molecule has 0 amide bonds. The smallest absolute Gasteiger partial charge is 0.290 e. The molecular weight excluding hydrogens is 362 g/mol. The SMILES string of the molecule is O=CO.OCCOc1ccccc1-c1nccn1Cc1cccc2ncnn12. The summed E-state index contributed by atoms with van der Waals surface area (Å²) in [5.41, 5.74) is 2.69. The summed E-state index contributed by atoms with van der Waals surface area (Å²) in [6.07, 6.45) is 5.24. The molecule has 0 bridgehead atoms. The van der Waals surface area contributed by atoms with Crippen molar-refractivity contribution >= 4 is 12.1 Å². The molecule has 0 aliphatic carbocycles. The molecule has 0 saturated carbocycles. The summed E-state index contributed by atoms with van der Waals surface area (Å²) in [7, 11) is 0. The highest BCUT2D eigenvalue weighted by molar-refractivity contribution is 5.64. The van der Waals surface area contributed by atoms with Crippen LogP contribution in [-0.2, 0) is 11.3 Å². The van der Waals surface area contributed by atoms with Crippen molar-refractivity contribution in [2.24, 2.45) is 0 Å². The number of aliphatic hydroxyl groups is 1. The molecule has 0 unspecified atom stereocenters. The molecule has 9 heteroatoms. The number of aromatic nitrogens is 5. The van der Waals surface area contributed by atoms with E-state index in [1.54, 1.807) is 12.5 Å². The average molecular weight is 381 g/mol. The predicted molar refractivity (Wildman–Crippen MR) is 101 cm³/mol. The van der Waals surface area contributed by atoms with Gasteiger partial charge in [0.05, 0.1) is 24.4 Å². The molecule has 3 heterocycles. The minimum absolute atomic E-state index is 0.0307. The van der Waals surface area contributed by atoms with Crippen LogP contribution in [-0.4, -0.2) is 54.0 Å². The fourth-order valence-electron chi connectivity index (χ4n) is 2.81. The van der Waals surface area contributed by atoms with Crippen molar-refractivity contribution < 1.29 is 19.7 Å². The van der Waals surface area contributed by atoms with Gasteiger partial charge in [-0.15, -0.1) is 0 Å². The zero-order valence-corrected chi connectivity index (χ0v) is 14.9. The summed E-state index contributed by atoms with van der Waals surface area (Å²) >= 11 is 0. The topological polar surface area (TPSA) is 115 Å². The van der Waals surface area contributed by atoms with Crippen LogP contribution in [0.5, 0.6) is 5.75 Å². The van der Waals surface area contributed by atoms with Gasteiger partial charge in [0.15, 0.2) is 5.65 Å². The second kappa shape index (κ2) is 9.28. The zero-order valence-electron chi connectivity index (χ0n) is 14.9. The summed E-state index contributed by atoms with van der Waals surface area (Å²) in [5, 5.41) is 20.2. The number of imidazole rings is 1. The van der Waals surface area contributed by atoms with Crippen LogP contribution in [0.3, 0.4) is 0 Å². The van der Waals surface area contributed by atoms with Crippen molar-refractivity contribution in [1.29, 1.82) is 0 Å². The van der Waals surface area contributed by atoms with Crippen molar-refractivity contribution in [2.75, 3.05) is 13.2 Å². The molecule has 9 nitrogen and oxygen atoms in total. The van der Waals surface area contributed by atoms with Crippen LogP contribution in [0.2, 0.25) is 0 Å². The van der Waals surface area contributed by atoms with E-state index in [9.17, 15) is 0 Å². The van der Waals surface area contributed by atoms with Gasteiger partial charge in [0.2, 0.25) is 0 Å². The third-order valence-corrected chi connectivity index (χ3v) is 3.90. The molecule has 0 atom stereocenters. The standard InChI is InChI=1S/C18H17N5O2.CH2O2/c24-10-11-25-16-6-2-1-5-15(16)18-19-8-9-22(18)12-14-4-3-7-17-20-13-21-23(14)17;2-1-3/h1-9,13,24H,10-12H2;1H,(H,2,3).